The number of hydrogen-bond acceptors (Lipinski definition) is 2. The molecule has 2 unspecified atom stereocenters. The minimum atomic E-state index is 0.495. The lowest BCUT2D eigenvalue weighted by molar-refractivity contribution is 0.402. The Balaban J connectivity index is 2.20. The molecule has 1 saturated carbocycles. The van der Waals surface area contributed by atoms with E-state index in [1.807, 2.05) is 11.6 Å². The second kappa shape index (κ2) is 4.78. The number of halogens is 1. The van der Waals surface area contributed by atoms with Gasteiger partial charge in [0.05, 0.1) is 16.2 Å². The first-order chi connectivity index (χ1) is 7.59. The predicted octanol–water partition coefficient (Wildman–Crippen LogP) is 3.68. The summed E-state index contributed by atoms with van der Waals surface area (Å²) in [7, 11) is 0. The summed E-state index contributed by atoms with van der Waals surface area (Å²) in [4.78, 5) is 0. The molecule has 90 valence electrons. The van der Waals surface area contributed by atoms with E-state index in [1.54, 1.807) is 0 Å². The lowest BCUT2D eigenvalue weighted by Crippen LogP contribution is -2.12. The molecule has 3 nitrogen and oxygen atoms in total. The van der Waals surface area contributed by atoms with Crippen molar-refractivity contribution < 1.29 is 0 Å². The van der Waals surface area contributed by atoms with E-state index in [-0.39, 0.29) is 0 Å². The molecule has 2 atom stereocenters. The molecule has 0 saturated heterocycles. The lowest BCUT2D eigenvalue weighted by Gasteiger charge is -2.16. The third kappa shape index (κ3) is 2.26. The number of aromatic nitrogens is 2. The topological polar surface area (TPSA) is 43.8 Å². The van der Waals surface area contributed by atoms with Gasteiger partial charge in [-0.2, -0.15) is 5.10 Å². The first-order valence-electron chi connectivity index (χ1n) is 6.09. The number of anilines is 1. The van der Waals surface area contributed by atoms with Crippen molar-refractivity contribution in [2.24, 2.45) is 5.92 Å². The standard InChI is InChI=1S/C12H20BrN3/c1-8-4-3-5-10(7-6-8)16-12(14)11(13)9(2)15-16/h8,10H,3-7,14H2,1-2H3. The number of nitrogen functional groups attached to an aromatic ring is 1. The molecule has 0 spiro atoms. The first-order valence-corrected chi connectivity index (χ1v) is 6.89. The maximum absolute atomic E-state index is 6.07. The average molecular weight is 286 g/mol. The largest absolute Gasteiger partial charge is 0.383 e. The van der Waals surface area contributed by atoms with Crippen LogP contribution in [0.5, 0.6) is 0 Å². The second-order valence-electron chi connectivity index (χ2n) is 5.00. The van der Waals surface area contributed by atoms with Crippen LogP contribution in [0.2, 0.25) is 0 Å². The smallest absolute Gasteiger partial charge is 0.136 e. The van der Waals surface area contributed by atoms with Crippen LogP contribution in [0.3, 0.4) is 0 Å². The normalized spacial score (nSPS) is 26.7. The van der Waals surface area contributed by atoms with Gasteiger partial charge in [0.2, 0.25) is 0 Å². The summed E-state index contributed by atoms with van der Waals surface area (Å²) in [5.74, 6) is 1.64. The molecule has 16 heavy (non-hydrogen) atoms. The van der Waals surface area contributed by atoms with Gasteiger partial charge < -0.3 is 5.73 Å². The fraction of sp³-hybridized carbons (Fsp3) is 0.750. The van der Waals surface area contributed by atoms with Gasteiger partial charge in [0.25, 0.3) is 0 Å². The Morgan fingerprint density at radius 3 is 2.69 bits per heavy atom. The third-order valence-corrected chi connectivity index (χ3v) is 4.60. The highest BCUT2D eigenvalue weighted by Crippen LogP contribution is 2.34. The molecule has 0 amide bonds. The van der Waals surface area contributed by atoms with Crippen molar-refractivity contribution in [1.82, 2.24) is 9.78 Å². The highest BCUT2D eigenvalue weighted by atomic mass is 79.9. The van der Waals surface area contributed by atoms with Crippen molar-refractivity contribution in [2.75, 3.05) is 5.73 Å². The van der Waals surface area contributed by atoms with Crippen LogP contribution in [0, 0.1) is 12.8 Å². The summed E-state index contributed by atoms with van der Waals surface area (Å²) in [6, 6.07) is 0.495. The molecule has 2 rings (SSSR count). The van der Waals surface area contributed by atoms with Gasteiger partial charge in [-0.3, -0.25) is 0 Å². The molecule has 2 N–H and O–H groups in total. The van der Waals surface area contributed by atoms with E-state index in [9.17, 15) is 0 Å². The number of rotatable bonds is 1. The van der Waals surface area contributed by atoms with E-state index in [0.29, 0.717) is 6.04 Å². The van der Waals surface area contributed by atoms with Crippen LogP contribution >= 0.6 is 15.9 Å². The Kier molecular flexibility index (Phi) is 3.57. The summed E-state index contributed by atoms with van der Waals surface area (Å²) >= 11 is 3.49. The summed E-state index contributed by atoms with van der Waals surface area (Å²) < 4.78 is 2.99. The molecule has 0 aliphatic heterocycles. The van der Waals surface area contributed by atoms with Gasteiger partial charge in [-0.25, -0.2) is 4.68 Å². The average Bonchev–Trinajstić information content (AvgIpc) is 2.47. The van der Waals surface area contributed by atoms with Crippen molar-refractivity contribution >= 4 is 21.7 Å². The van der Waals surface area contributed by atoms with Crippen molar-refractivity contribution in [1.29, 1.82) is 0 Å². The van der Waals surface area contributed by atoms with Crippen LogP contribution in [0.1, 0.15) is 50.8 Å². The Bertz CT molecular complexity index is 373. The molecular weight excluding hydrogens is 266 g/mol. The molecule has 1 aromatic heterocycles. The highest BCUT2D eigenvalue weighted by molar-refractivity contribution is 9.10. The fourth-order valence-corrected chi connectivity index (χ4v) is 2.80. The van der Waals surface area contributed by atoms with Crippen LogP contribution in [0.4, 0.5) is 5.82 Å². The summed E-state index contributed by atoms with van der Waals surface area (Å²) in [5.41, 5.74) is 7.07. The van der Waals surface area contributed by atoms with Gasteiger partial charge in [-0.05, 0) is 48.0 Å². The number of nitrogens with two attached hydrogens (primary N) is 1. The van der Waals surface area contributed by atoms with E-state index < -0.39 is 0 Å². The monoisotopic (exact) mass is 285 g/mol. The molecule has 1 aromatic rings. The second-order valence-corrected chi connectivity index (χ2v) is 5.79. The van der Waals surface area contributed by atoms with Crippen LogP contribution < -0.4 is 5.73 Å². The minimum Gasteiger partial charge on any atom is -0.383 e. The van der Waals surface area contributed by atoms with Crippen LogP contribution in [-0.4, -0.2) is 9.78 Å². The van der Waals surface area contributed by atoms with Gasteiger partial charge in [0.1, 0.15) is 5.82 Å². The minimum absolute atomic E-state index is 0.495. The quantitative estimate of drug-likeness (QED) is 0.800. The van der Waals surface area contributed by atoms with Gasteiger partial charge in [-0.15, -0.1) is 0 Å². The molecule has 0 bridgehead atoms. The Labute approximate surface area is 106 Å². The molecule has 1 heterocycles. The molecule has 1 aliphatic carbocycles. The highest BCUT2D eigenvalue weighted by Gasteiger charge is 2.21. The van der Waals surface area contributed by atoms with Crippen molar-refractivity contribution in [3.63, 3.8) is 0 Å². The number of nitrogens with zero attached hydrogens (tertiary/aromatic N) is 2. The Morgan fingerprint density at radius 1 is 1.31 bits per heavy atom. The summed E-state index contributed by atoms with van der Waals surface area (Å²) in [6.07, 6.45) is 6.35. The van der Waals surface area contributed by atoms with Crippen LogP contribution in [0.15, 0.2) is 4.47 Å². The zero-order valence-electron chi connectivity index (χ0n) is 10.0. The molecular formula is C12H20BrN3. The Hall–Kier alpha value is -0.510. The summed E-state index contributed by atoms with van der Waals surface area (Å²) in [5, 5.41) is 4.54. The van der Waals surface area contributed by atoms with Crippen molar-refractivity contribution in [3.8, 4) is 0 Å². The van der Waals surface area contributed by atoms with Crippen LogP contribution in [0.25, 0.3) is 0 Å². The maximum Gasteiger partial charge on any atom is 0.136 e. The number of aryl methyl sites for hydroxylation is 1. The van der Waals surface area contributed by atoms with Gasteiger partial charge >= 0.3 is 0 Å². The van der Waals surface area contributed by atoms with Crippen LogP contribution in [-0.2, 0) is 0 Å². The molecule has 0 aromatic carbocycles. The summed E-state index contributed by atoms with van der Waals surface area (Å²) in [6.45, 7) is 4.34. The zero-order chi connectivity index (χ0) is 11.7. The number of hydrogen-bond donors (Lipinski definition) is 1. The molecule has 1 aliphatic rings. The predicted molar refractivity (Wildman–Crippen MR) is 70.4 cm³/mol. The lowest BCUT2D eigenvalue weighted by atomic mass is 10.0. The zero-order valence-corrected chi connectivity index (χ0v) is 11.6. The van der Waals surface area contributed by atoms with E-state index in [1.165, 1.54) is 32.1 Å². The van der Waals surface area contributed by atoms with Crippen molar-refractivity contribution in [2.45, 2.75) is 52.0 Å². The SMILES string of the molecule is Cc1nn(C2CCCC(C)CC2)c(N)c1Br. The van der Waals surface area contributed by atoms with E-state index >= 15 is 0 Å². The van der Waals surface area contributed by atoms with Crippen molar-refractivity contribution in [3.05, 3.63) is 10.2 Å². The third-order valence-electron chi connectivity index (χ3n) is 3.62. The first kappa shape index (κ1) is 12.0. The molecule has 4 heteroatoms. The van der Waals surface area contributed by atoms with Gasteiger partial charge in [-0.1, -0.05) is 19.8 Å². The maximum atomic E-state index is 6.07. The Morgan fingerprint density at radius 2 is 2.06 bits per heavy atom. The van der Waals surface area contributed by atoms with Gasteiger partial charge in [0, 0.05) is 0 Å². The van der Waals surface area contributed by atoms with E-state index in [2.05, 4.69) is 28.0 Å². The van der Waals surface area contributed by atoms with E-state index in [4.69, 9.17) is 5.73 Å². The fourth-order valence-electron chi connectivity index (χ4n) is 2.54. The molecule has 1 fully saturated rings. The molecule has 0 radical (unpaired) electrons. The van der Waals surface area contributed by atoms with Gasteiger partial charge in [0.15, 0.2) is 0 Å². The van der Waals surface area contributed by atoms with E-state index in [0.717, 1.165) is 21.9 Å².